The number of halogens is 1. The fourth-order valence-electron chi connectivity index (χ4n) is 2.05. The lowest BCUT2D eigenvalue weighted by Crippen LogP contribution is -2.28. The molecular weight excluding hydrogens is 394 g/mol. The summed E-state index contributed by atoms with van der Waals surface area (Å²) in [5.41, 5.74) is 0.910. The van der Waals surface area contributed by atoms with Gasteiger partial charge in [0.25, 0.3) is 5.91 Å². The summed E-state index contributed by atoms with van der Waals surface area (Å²) in [5.74, 6) is -0.758. The molecule has 3 aromatic rings. The fraction of sp³-hybridized carbons (Fsp3) is 0.176. The predicted octanol–water partition coefficient (Wildman–Crippen LogP) is 3.30. The Labute approximate surface area is 162 Å². The van der Waals surface area contributed by atoms with Gasteiger partial charge in [0, 0.05) is 17.0 Å². The molecule has 0 saturated carbocycles. The molecule has 0 aliphatic rings. The lowest BCUT2D eigenvalue weighted by atomic mass is 10.2. The average molecular weight is 408 g/mol. The number of esters is 1. The highest BCUT2D eigenvalue weighted by atomic mass is 35.5. The zero-order valence-corrected chi connectivity index (χ0v) is 15.9. The van der Waals surface area contributed by atoms with Crippen molar-refractivity contribution in [2.24, 2.45) is 0 Å². The van der Waals surface area contributed by atoms with Crippen LogP contribution in [0.15, 0.2) is 47.1 Å². The first-order valence-electron chi connectivity index (χ1n) is 7.59. The molecule has 2 aromatic heterocycles. The number of nitrogens with one attached hydrogen (secondary N) is 1. The van der Waals surface area contributed by atoms with Gasteiger partial charge in [-0.1, -0.05) is 35.5 Å². The predicted molar refractivity (Wildman–Crippen MR) is 102 cm³/mol. The minimum absolute atomic E-state index is 0.0758. The fourth-order valence-corrected chi connectivity index (χ4v) is 3.75. The quantitative estimate of drug-likeness (QED) is 0.367. The van der Waals surface area contributed by atoms with Crippen LogP contribution >= 0.6 is 34.7 Å². The van der Waals surface area contributed by atoms with Crippen LogP contribution in [0.4, 0.5) is 0 Å². The maximum atomic E-state index is 11.8. The van der Waals surface area contributed by atoms with Gasteiger partial charge in [-0.3, -0.25) is 9.59 Å². The third kappa shape index (κ3) is 5.17. The molecule has 0 fully saturated rings. The Morgan fingerprint density at radius 2 is 2.00 bits per heavy atom. The summed E-state index contributed by atoms with van der Waals surface area (Å²) in [5, 5.41) is 6.88. The van der Waals surface area contributed by atoms with Crippen molar-refractivity contribution in [1.82, 2.24) is 15.3 Å². The minimum atomic E-state index is -0.473. The highest BCUT2D eigenvalue weighted by Crippen LogP contribution is 2.27. The van der Waals surface area contributed by atoms with E-state index in [0.717, 1.165) is 20.8 Å². The van der Waals surface area contributed by atoms with E-state index in [4.69, 9.17) is 16.3 Å². The van der Waals surface area contributed by atoms with Gasteiger partial charge in [-0.25, -0.2) is 9.97 Å². The van der Waals surface area contributed by atoms with Crippen LogP contribution in [0.25, 0.3) is 10.2 Å². The van der Waals surface area contributed by atoms with Crippen LogP contribution in [-0.2, 0) is 20.9 Å². The van der Waals surface area contributed by atoms with Gasteiger partial charge in [0.2, 0.25) is 0 Å². The van der Waals surface area contributed by atoms with Gasteiger partial charge in [0.15, 0.2) is 6.61 Å². The number of hydrogen-bond acceptors (Lipinski definition) is 7. The smallest absolute Gasteiger partial charge is 0.316 e. The van der Waals surface area contributed by atoms with Crippen LogP contribution in [0, 0.1) is 0 Å². The lowest BCUT2D eigenvalue weighted by Gasteiger charge is -2.07. The average Bonchev–Trinajstić information content (AvgIpc) is 3.13. The Balaban J connectivity index is 1.40. The standard InChI is InChI=1S/C17H14ClN3O3S2/c18-12-3-1-11(2-4-12)7-19-14(22)8-24-15(23)9-26-17-13-5-6-25-16(13)20-10-21-17/h1-6,10H,7-9H2,(H,19,22). The van der Waals surface area contributed by atoms with E-state index >= 15 is 0 Å². The van der Waals surface area contributed by atoms with E-state index in [1.165, 1.54) is 29.4 Å². The van der Waals surface area contributed by atoms with Crippen molar-refractivity contribution >= 4 is 56.8 Å². The molecule has 3 rings (SSSR count). The van der Waals surface area contributed by atoms with Crippen LogP contribution in [0.1, 0.15) is 5.56 Å². The van der Waals surface area contributed by atoms with Gasteiger partial charge >= 0.3 is 5.97 Å². The molecule has 0 unspecified atom stereocenters. The molecule has 6 nitrogen and oxygen atoms in total. The van der Waals surface area contributed by atoms with Gasteiger partial charge in [-0.2, -0.15) is 0 Å². The number of carbonyl (C=O) groups is 2. The van der Waals surface area contributed by atoms with Crippen LogP contribution < -0.4 is 5.32 Å². The molecule has 1 amide bonds. The van der Waals surface area contributed by atoms with Crippen molar-refractivity contribution in [2.75, 3.05) is 12.4 Å². The molecule has 0 atom stereocenters. The topological polar surface area (TPSA) is 81.2 Å². The summed E-state index contributed by atoms with van der Waals surface area (Å²) in [6, 6.07) is 9.05. The van der Waals surface area contributed by atoms with E-state index in [1.54, 1.807) is 12.1 Å². The van der Waals surface area contributed by atoms with Gasteiger partial charge < -0.3 is 10.1 Å². The van der Waals surface area contributed by atoms with Crippen molar-refractivity contribution in [3.05, 3.63) is 52.6 Å². The third-order valence-corrected chi connectivity index (χ3v) is 5.37. The van der Waals surface area contributed by atoms with E-state index in [1.807, 2.05) is 23.6 Å². The van der Waals surface area contributed by atoms with E-state index in [9.17, 15) is 9.59 Å². The van der Waals surface area contributed by atoms with E-state index in [2.05, 4.69) is 15.3 Å². The van der Waals surface area contributed by atoms with Crippen LogP contribution in [-0.4, -0.2) is 34.2 Å². The monoisotopic (exact) mass is 407 g/mol. The number of rotatable bonds is 7. The Hall–Kier alpha value is -2.16. The van der Waals surface area contributed by atoms with E-state index in [-0.39, 0.29) is 18.3 Å². The van der Waals surface area contributed by atoms with E-state index in [0.29, 0.717) is 11.6 Å². The first-order chi connectivity index (χ1) is 12.6. The number of hydrogen-bond donors (Lipinski definition) is 1. The molecule has 0 radical (unpaired) electrons. The molecule has 0 spiro atoms. The Morgan fingerprint density at radius 3 is 2.81 bits per heavy atom. The lowest BCUT2D eigenvalue weighted by molar-refractivity contribution is -0.145. The van der Waals surface area contributed by atoms with Gasteiger partial charge in [-0.15, -0.1) is 11.3 Å². The van der Waals surface area contributed by atoms with Crippen molar-refractivity contribution in [2.45, 2.75) is 11.6 Å². The largest absolute Gasteiger partial charge is 0.455 e. The third-order valence-electron chi connectivity index (χ3n) is 3.32. The number of amides is 1. The second-order valence-corrected chi connectivity index (χ2v) is 7.47. The molecule has 2 heterocycles. The molecule has 0 aliphatic carbocycles. The normalized spacial score (nSPS) is 10.7. The van der Waals surface area contributed by atoms with Gasteiger partial charge in [0.05, 0.1) is 5.75 Å². The highest BCUT2D eigenvalue weighted by molar-refractivity contribution is 8.00. The number of nitrogens with zero attached hydrogens (tertiary/aromatic N) is 2. The summed E-state index contributed by atoms with van der Waals surface area (Å²) in [7, 11) is 0. The molecule has 0 aliphatic heterocycles. The molecular formula is C17H14ClN3O3S2. The Morgan fingerprint density at radius 1 is 1.19 bits per heavy atom. The maximum Gasteiger partial charge on any atom is 0.316 e. The number of thioether (sulfide) groups is 1. The number of aromatic nitrogens is 2. The minimum Gasteiger partial charge on any atom is -0.455 e. The second-order valence-electron chi connectivity index (χ2n) is 5.17. The van der Waals surface area contributed by atoms with Crippen LogP contribution in [0.3, 0.4) is 0 Å². The van der Waals surface area contributed by atoms with Crippen LogP contribution in [0.5, 0.6) is 0 Å². The highest BCUT2D eigenvalue weighted by Gasteiger charge is 2.11. The van der Waals surface area contributed by atoms with E-state index < -0.39 is 5.97 Å². The molecule has 0 bridgehead atoms. The summed E-state index contributed by atoms with van der Waals surface area (Å²) in [4.78, 5) is 32.8. The molecule has 1 aromatic carbocycles. The molecule has 0 saturated heterocycles. The summed E-state index contributed by atoms with van der Waals surface area (Å²) < 4.78 is 4.99. The van der Waals surface area contributed by atoms with Crippen molar-refractivity contribution in [1.29, 1.82) is 0 Å². The zero-order chi connectivity index (χ0) is 18.4. The zero-order valence-electron chi connectivity index (χ0n) is 13.5. The first kappa shape index (κ1) is 18.6. The summed E-state index contributed by atoms with van der Waals surface area (Å²) in [6.07, 6.45) is 1.47. The number of carbonyl (C=O) groups excluding carboxylic acids is 2. The Bertz CT molecular complexity index is 915. The van der Waals surface area contributed by atoms with Crippen LogP contribution in [0.2, 0.25) is 5.02 Å². The van der Waals surface area contributed by atoms with Gasteiger partial charge in [0.1, 0.15) is 16.2 Å². The molecule has 134 valence electrons. The summed E-state index contributed by atoms with van der Waals surface area (Å²) in [6.45, 7) is 0.0317. The van der Waals surface area contributed by atoms with Crippen molar-refractivity contribution < 1.29 is 14.3 Å². The summed E-state index contributed by atoms with van der Waals surface area (Å²) >= 11 is 8.58. The second kappa shape index (κ2) is 8.98. The molecule has 26 heavy (non-hydrogen) atoms. The number of fused-ring (bicyclic) bond motifs is 1. The number of ether oxygens (including phenoxy) is 1. The molecule has 9 heteroatoms. The number of thiophene rings is 1. The SMILES string of the molecule is O=C(COC(=O)CSc1ncnc2sccc12)NCc1ccc(Cl)cc1. The van der Waals surface area contributed by atoms with Gasteiger partial charge in [-0.05, 0) is 29.1 Å². The maximum absolute atomic E-state index is 11.8. The molecule has 1 N–H and O–H groups in total. The Kier molecular flexibility index (Phi) is 6.43. The van der Waals surface area contributed by atoms with Crippen molar-refractivity contribution in [3.63, 3.8) is 0 Å². The number of benzene rings is 1. The first-order valence-corrected chi connectivity index (χ1v) is 9.84. The van der Waals surface area contributed by atoms with Crippen molar-refractivity contribution in [3.8, 4) is 0 Å².